The summed E-state index contributed by atoms with van der Waals surface area (Å²) in [5.41, 5.74) is 8.47. The summed E-state index contributed by atoms with van der Waals surface area (Å²) in [5, 5.41) is 8.17. The van der Waals surface area contributed by atoms with Crippen LogP contribution in [0, 0.1) is 5.41 Å². The standard InChI is InChI=1S/C18H24N2O4S/c1-12(11-21)25(23,24)20-14-2-3-15(17(19)22)16(10-14)13-4-6-18(7-5-13)8-9-18/h2-4,10,12,20-21H,5-9,11H2,1H3,(H2,19,22). The van der Waals surface area contributed by atoms with Crippen LogP contribution in [0.5, 0.6) is 0 Å². The molecule has 2 aliphatic rings. The van der Waals surface area contributed by atoms with Crippen LogP contribution in [-0.2, 0) is 10.0 Å². The molecule has 1 unspecified atom stereocenters. The fraction of sp³-hybridized carbons (Fsp3) is 0.500. The Balaban J connectivity index is 1.93. The highest BCUT2D eigenvalue weighted by Crippen LogP contribution is 2.56. The highest BCUT2D eigenvalue weighted by Gasteiger charge is 2.42. The molecule has 4 N–H and O–H groups in total. The van der Waals surface area contributed by atoms with Gasteiger partial charge in [0.25, 0.3) is 0 Å². The number of allylic oxidation sites excluding steroid dienone is 2. The van der Waals surface area contributed by atoms with Crippen LogP contribution in [0.4, 0.5) is 5.69 Å². The number of hydrogen-bond acceptors (Lipinski definition) is 4. The van der Waals surface area contributed by atoms with Crippen molar-refractivity contribution < 1.29 is 18.3 Å². The summed E-state index contributed by atoms with van der Waals surface area (Å²) in [6.45, 7) is 0.967. The highest BCUT2D eigenvalue weighted by atomic mass is 32.2. The van der Waals surface area contributed by atoms with Crippen LogP contribution < -0.4 is 10.5 Å². The first kappa shape index (κ1) is 17.9. The number of amides is 1. The molecule has 1 aromatic carbocycles. The van der Waals surface area contributed by atoms with Gasteiger partial charge in [-0.3, -0.25) is 9.52 Å². The van der Waals surface area contributed by atoms with Gasteiger partial charge in [0.05, 0.1) is 6.61 Å². The van der Waals surface area contributed by atoms with Gasteiger partial charge in [-0.2, -0.15) is 0 Å². The maximum Gasteiger partial charge on any atom is 0.249 e. The number of sulfonamides is 1. The number of carbonyl (C=O) groups is 1. The minimum absolute atomic E-state index is 0.368. The van der Waals surface area contributed by atoms with Crippen LogP contribution >= 0.6 is 0 Å². The monoisotopic (exact) mass is 364 g/mol. The molecule has 6 nitrogen and oxygen atoms in total. The van der Waals surface area contributed by atoms with Gasteiger partial charge in [0.1, 0.15) is 5.25 Å². The van der Waals surface area contributed by atoms with Crippen molar-refractivity contribution in [1.82, 2.24) is 0 Å². The van der Waals surface area contributed by atoms with Crippen molar-refractivity contribution in [3.05, 3.63) is 35.4 Å². The summed E-state index contributed by atoms with van der Waals surface area (Å²) < 4.78 is 26.8. The topological polar surface area (TPSA) is 109 Å². The van der Waals surface area contributed by atoms with E-state index in [-0.39, 0.29) is 0 Å². The predicted molar refractivity (Wildman–Crippen MR) is 97.5 cm³/mol. The van der Waals surface area contributed by atoms with Crippen molar-refractivity contribution in [3.63, 3.8) is 0 Å². The zero-order valence-electron chi connectivity index (χ0n) is 14.3. The van der Waals surface area contributed by atoms with Crippen molar-refractivity contribution in [2.75, 3.05) is 11.3 Å². The quantitative estimate of drug-likeness (QED) is 0.719. The largest absolute Gasteiger partial charge is 0.395 e. The molecular formula is C18H24N2O4S. The molecule has 1 aromatic rings. The first-order chi connectivity index (χ1) is 11.8. The number of nitrogens with two attached hydrogens (primary N) is 1. The van der Waals surface area contributed by atoms with Crippen LogP contribution in [0.2, 0.25) is 0 Å². The number of anilines is 1. The smallest absolute Gasteiger partial charge is 0.249 e. The average Bonchev–Trinajstić information content (AvgIpc) is 3.33. The van der Waals surface area contributed by atoms with Gasteiger partial charge < -0.3 is 10.8 Å². The molecule has 1 saturated carbocycles. The third kappa shape index (κ3) is 3.72. The Morgan fingerprint density at radius 3 is 2.60 bits per heavy atom. The van der Waals surface area contributed by atoms with Crippen molar-refractivity contribution in [3.8, 4) is 0 Å². The van der Waals surface area contributed by atoms with E-state index in [1.165, 1.54) is 25.8 Å². The van der Waals surface area contributed by atoms with Gasteiger partial charge in [0.15, 0.2) is 0 Å². The van der Waals surface area contributed by atoms with E-state index in [4.69, 9.17) is 10.8 Å². The van der Waals surface area contributed by atoms with Crippen LogP contribution in [0.15, 0.2) is 24.3 Å². The van der Waals surface area contributed by atoms with Gasteiger partial charge in [-0.05, 0) is 73.8 Å². The number of carbonyl (C=O) groups excluding carboxylic acids is 1. The van der Waals surface area contributed by atoms with E-state index in [0.717, 1.165) is 24.8 Å². The third-order valence-electron chi connectivity index (χ3n) is 5.34. The first-order valence-electron chi connectivity index (χ1n) is 8.52. The van der Waals surface area contributed by atoms with Gasteiger partial charge in [-0.15, -0.1) is 0 Å². The van der Waals surface area contributed by atoms with Crippen LogP contribution in [-0.4, -0.2) is 31.3 Å². The Morgan fingerprint density at radius 2 is 2.08 bits per heavy atom. The van der Waals surface area contributed by atoms with Gasteiger partial charge in [0.2, 0.25) is 15.9 Å². The van der Waals surface area contributed by atoms with Gasteiger partial charge >= 0.3 is 0 Å². The van der Waals surface area contributed by atoms with E-state index < -0.39 is 27.8 Å². The molecule has 1 atom stereocenters. The van der Waals surface area contributed by atoms with Crippen molar-refractivity contribution in [2.45, 2.75) is 44.3 Å². The summed E-state index contributed by atoms with van der Waals surface area (Å²) in [4.78, 5) is 11.8. The van der Waals surface area contributed by atoms with Gasteiger partial charge in [0, 0.05) is 11.3 Å². The molecule has 25 heavy (non-hydrogen) atoms. The normalized spacial score (nSPS) is 20.0. The second-order valence-corrected chi connectivity index (χ2v) is 9.30. The van der Waals surface area contributed by atoms with Crippen LogP contribution in [0.3, 0.4) is 0 Å². The Morgan fingerprint density at radius 1 is 1.36 bits per heavy atom. The molecule has 3 rings (SSSR count). The molecule has 0 aliphatic heterocycles. The number of aliphatic hydroxyl groups excluding tert-OH is 1. The molecule has 0 aromatic heterocycles. The number of nitrogens with one attached hydrogen (secondary N) is 1. The predicted octanol–water partition coefficient (Wildman–Crippen LogP) is 2.26. The lowest BCUT2D eigenvalue weighted by Crippen LogP contribution is -2.28. The molecule has 1 fully saturated rings. The third-order valence-corrected chi connectivity index (χ3v) is 7.07. The Bertz CT molecular complexity index is 825. The summed E-state index contributed by atoms with van der Waals surface area (Å²) in [6, 6.07) is 4.75. The minimum atomic E-state index is -3.69. The maximum absolute atomic E-state index is 12.2. The molecule has 0 saturated heterocycles. The maximum atomic E-state index is 12.2. The lowest BCUT2D eigenvalue weighted by Gasteiger charge is -2.23. The van der Waals surface area contributed by atoms with Crippen molar-refractivity contribution in [1.29, 1.82) is 0 Å². The lowest BCUT2D eigenvalue weighted by molar-refractivity contribution is 0.1000. The zero-order valence-corrected chi connectivity index (χ0v) is 15.1. The van der Waals surface area contributed by atoms with E-state index in [0.29, 0.717) is 22.2 Å². The van der Waals surface area contributed by atoms with Crippen LogP contribution in [0.1, 0.15) is 54.9 Å². The molecule has 0 bridgehead atoms. The van der Waals surface area contributed by atoms with E-state index >= 15 is 0 Å². The lowest BCUT2D eigenvalue weighted by atomic mass is 9.83. The Kier molecular flexibility index (Phi) is 4.64. The molecule has 0 heterocycles. The summed E-state index contributed by atoms with van der Waals surface area (Å²) in [6.07, 6.45) is 7.64. The van der Waals surface area contributed by atoms with Gasteiger partial charge in [-0.25, -0.2) is 8.42 Å². The average molecular weight is 364 g/mol. The highest BCUT2D eigenvalue weighted by molar-refractivity contribution is 7.93. The molecule has 1 spiro atoms. The Hall–Kier alpha value is -1.86. The number of aliphatic hydroxyl groups is 1. The summed E-state index contributed by atoms with van der Waals surface area (Å²) in [7, 11) is -3.69. The summed E-state index contributed by atoms with van der Waals surface area (Å²) in [5.74, 6) is -0.527. The number of rotatable bonds is 6. The molecule has 1 amide bonds. The number of primary amides is 1. The number of benzene rings is 1. The van der Waals surface area contributed by atoms with E-state index in [2.05, 4.69) is 10.8 Å². The van der Waals surface area contributed by atoms with Crippen LogP contribution in [0.25, 0.3) is 5.57 Å². The van der Waals surface area contributed by atoms with E-state index in [1.807, 2.05) is 0 Å². The van der Waals surface area contributed by atoms with Gasteiger partial charge in [-0.1, -0.05) is 6.08 Å². The van der Waals surface area contributed by atoms with E-state index in [1.54, 1.807) is 12.1 Å². The molecule has 7 heteroatoms. The zero-order chi connectivity index (χ0) is 18.2. The fourth-order valence-electron chi connectivity index (χ4n) is 3.27. The first-order valence-corrected chi connectivity index (χ1v) is 10.1. The summed E-state index contributed by atoms with van der Waals surface area (Å²) >= 11 is 0. The molecule has 2 aliphatic carbocycles. The van der Waals surface area contributed by atoms with Crippen molar-refractivity contribution >= 4 is 27.2 Å². The fourth-order valence-corrected chi connectivity index (χ4v) is 4.12. The molecule has 0 radical (unpaired) electrons. The SMILES string of the molecule is CC(CO)S(=O)(=O)Nc1ccc(C(N)=O)c(C2=CCC3(CC2)CC3)c1. The van der Waals surface area contributed by atoms with E-state index in [9.17, 15) is 13.2 Å². The molecular weight excluding hydrogens is 340 g/mol. The number of hydrogen-bond donors (Lipinski definition) is 3. The minimum Gasteiger partial charge on any atom is -0.395 e. The van der Waals surface area contributed by atoms with Crippen molar-refractivity contribution in [2.24, 2.45) is 11.1 Å². The molecule has 136 valence electrons. The second kappa shape index (κ2) is 6.46. The second-order valence-electron chi connectivity index (χ2n) is 7.20. The Labute approximate surface area is 148 Å².